The monoisotopic (exact) mass is 317 g/mol. The van der Waals surface area contributed by atoms with Gasteiger partial charge in [0.25, 0.3) is 5.91 Å². The summed E-state index contributed by atoms with van der Waals surface area (Å²) in [5, 5.41) is 3.90. The average molecular weight is 317 g/mol. The number of nitrogen functional groups attached to an aromatic ring is 1. The van der Waals surface area contributed by atoms with Crippen LogP contribution in [0.5, 0.6) is 5.75 Å². The third kappa shape index (κ3) is 4.23. The van der Waals surface area contributed by atoms with Crippen molar-refractivity contribution in [1.82, 2.24) is 4.90 Å². The molecule has 1 amide bonds. The van der Waals surface area contributed by atoms with E-state index in [1.807, 2.05) is 0 Å². The number of rotatable bonds is 8. The molecule has 0 radical (unpaired) electrons. The standard InChI is InChI=1S/C13H23N3O4S/c1-16(2)13(17)11-9(14)10(20-5)12(21-11)15-6-8(19-4)7-18-3/h8,15H,6-7,14H2,1-5H3. The second kappa shape index (κ2) is 8.06. The second-order valence-corrected chi connectivity index (χ2v) is 5.62. The van der Waals surface area contributed by atoms with Crippen molar-refractivity contribution in [3.63, 3.8) is 0 Å². The molecule has 0 bridgehead atoms. The predicted molar refractivity (Wildman–Crippen MR) is 84.5 cm³/mol. The van der Waals surface area contributed by atoms with Gasteiger partial charge in [0.2, 0.25) is 0 Å². The molecule has 0 aromatic carbocycles. The number of hydrogen-bond acceptors (Lipinski definition) is 7. The van der Waals surface area contributed by atoms with Crippen molar-refractivity contribution in [1.29, 1.82) is 0 Å². The van der Waals surface area contributed by atoms with Crippen LogP contribution in [-0.4, -0.2) is 65.5 Å². The lowest BCUT2D eigenvalue weighted by Gasteiger charge is -2.15. The SMILES string of the molecule is COCC(CNc1sc(C(=O)N(C)C)c(N)c1OC)OC. The number of anilines is 2. The predicted octanol–water partition coefficient (Wildman–Crippen LogP) is 1.11. The quantitative estimate of drug-likeness (QED) is 0.747. The Labute approximate surface area is 129 Å². The minimum atomic E-state index is -0.149. The van der Waals surface area contributed by atoms with Crippen LogP contribution in [0.1, 0.15) is 9.67 Å². The van der Waals surface area contributed by atoms with E-state index in [0.29, 0.717) is 34.5 Å². The fourth-order valence-electron chi connectivity index (χ4n) is 1.71. The Hall–Kier alpha value is -1.51. The third-order valence-corrected chi connectivity index (χ3v) is 4.01. The van der Waals surface area contributed by atoms with Gasteiger partial charge in [-0.3, -0.25) is 4.79 Å². The van der Waals surface area contributed by atoms with Crippen molar-refractivity contribution in [2.45, 2.75) is 6.10 Å². The highest BCUT2D eigenvalue weighted by molar-refractivity contribution is 7.19. The molecule has 7 nitrogen and oxygen atoms in total. The van der Waals surface area contributed by atoms with E-state index in [2.05, 4.69) is 5.32 Å². The lowest BCUT2D eigenvalue weighted by molar-refractivity contribution is 0.0366. The van der Waals surface area contributed by atoms with Crippen molar-refractivity contribution in [3.05, 3.63) is 4.88 Å². The van der Waals surface area contributed by atoms with Gasteiger partial charge in [-0.05, 0) is 0 Å². The number of ether oxygens (including phenoxy) is 3. The van der Waals surface area contributed by atoms with Crippen LogP contribution in [0.4, 0.5) is 10.7 Å². The molecule has 0 saturated heterocycles. The normalized spacial score (nSPS) is 12.0. The summed E-state index contributed by atoms with van der Waals surface area (Å²) in [6.45, 7) is 0.992. The number of thiophene rings is 1. The van der Waals surface area contributed by atoms with Crippen molar-refractivity contribution in [3.8, 4) is 5.75 Å². The molecular weight excluding hydrogens is 294 g/mol. The number of carbonyl (C=O) groups excluding carboxylic acids is 1. The maximum atomic E-state index is 12.1. The smallest absolute Gasteiger partial charge is 0.265 e. The van der Waals surface area contributed by atoms with Crippen LogP contribution in [0, 0.1) is 0 Å². The van der Waals surface area contributed by atoms with Gasteiger partial charge in [-0.2, -0.15) is 0 Å². The van der Waals surface area contributed by atoms with Crippen LogP contribution < -0.4 is 15.8 Å². The molecule has 1 aromatic heterocycles. The molecule has 0 spiro atoms. The first-order chi connectivity index (χ1) is 9.96. The maximum Gasteiger partial charge on any atom is 0.265 e. The Bertz CT molecular complexity index is 476. The molecule has 1 aromatic rings. The molecule has 8 heteroatoms. The summed E-state index contributed by atoms with van der Waals surface area (Å²) in [6.07, 6.45) is -0.101. The molecule has 1 rings (SSSR count). The van der Waals surface area contributed by atoms with Gasteiger partial charge in [0.05, 0.1) is 19.8 Å². The number of nitrogens with one attached hydrogen (secondary N) is 1. The summed E-state index contributed by atoms with van der Waals surface area (Å²) in [5.41, 5.74) is 6.34. The molecule has 1 unspecified atom stereocenters. The fraction of sp³-hybridized carbons (Fsp3) is 0.615. The molecule has 1 atom stereocenters. The lowest BCUT2D eigenvalue weighted by atomic mass is 10.3. The van der Waals surface area contributed by atoms with E-state index >= 15 is 0 Å². The fourth-order valence-corrected chi connectivity index (χ4v) is 2.83. The molecule has 0 aliphatic carbocycles. The van der Waals surface area contributed by atoms with Gasteiger partial charge in [0.1, 0.15) is 15.6 Å². The summed E-state index contributed by atoms with van der Waals surface area (Å²) in [4.78, 5) is 14.0. The second-order valence-electron chi connectivity index (χ2n) is 4.60. The lowest BCUT2D eigenvalue weighted by Crippen LogP contribution is -2.26. The minimum Gasteiger partial charge on any atom is -0.492 e. The molecule has 21 heavy (non-hydrogen) atoms. The summed E-state index contributed by atoms with van der Waals surface area (Å²) in [6, 6.07) is 0. The third-order valence-electron chi connectivity index (χ3n) is 2.88. The minimum absolute atomic E-state index is 0.101. The van der Waals surface area contributed by atoms with E-state index in [4.69, 9.17) is 19.9 Å². The number of amides is 1. The van der Waals surface area contributed by atoms with Gasteiger partial charge in [-0.1, -0.05) is 0 Å². The van der Waals surface area contributed by atoms with Crippen molar-refractivity contribution >= 4 is 27.9 Å². The van der Waals surface area contributed by atoms with Crippen molar-refractivity contribution in [2.75, 3.05) is 59.6 Å². The van der Waals surface area contributed by atoms with Gasteiger partial charge < -0.3 is 30.2 Å². The van der Waals surface area contributed by atoms with Gasteiger partial charge in [-0.25, -0.2) is 0 Å². The zero-order valence-electron chi connectivity index (χ0n) is 13.1. The van der Waals surface area contributed by atoms with E-state index in [0.717, 1.165) is 0 Å². The topological polar surface area (TPSA) is 86.1 Å². The Morgan fingerprint density at radius 1 is 1.38 bits per heavy atom. The van der Waals surface area contributed by atoms with Crippen LogP contribution in [0.2, 0.25) is 0 Å². The Morgan fingerprint density at radius 3 is 2.52 bits per heavy atom. The molecule has 0 aliphatic heterocycles. The van der Waals surface area contributed by atoms with E-state index < -0.39 is 0 Å². The first-order valence-electron chi connectivity index (χ1n) is 6.39. The van der Waals surface area contributed by atoms with Crippen LogP contribution in [-0.2, 0) is 9.47 Å². The number of carbonyl (C=O) groups is 1. The summed E-state index contributed by atoms with van der Waals surface area (Å²) < 4.78 is 15.6. The number of nitrogens with zero attached hydrogens (tertiary/aromatic N) is 1. The van der Waals surface area contributed by atoms with Crippen LogP contribution >= 0.6 is 11.3 Å². The van der Waals surface area contributed by atoms with E-state index in [1.54, 1.807) is 28.3 Å². The van der Waals surface area contributed by atoms with Crippen molar-refractivity contribution < 1.29 is 19.0 Å². The molecule has 1 heterocycles. The van der Waals surface area contributed by atoms with E-state index in [1.165, 1.54) is 23.3 Å². The Kier molecular flexibility index (Phi) is 6.73. The summed E-state index contributed by atoms with van der Waals surface area (Å²) in [5.74, 6) is 0.335. The highest BCUT2D eigenvalue weighted by atomic mass is 32.1. The van der Waals surface area contributed by atoms with Gasteiger partial charge in [0.15, 0.2) is 5.75 Å². The van der Waals surface area contributed by atoms with Gasteiger partial charge in [0, 0.05) is 34.9 Å². The summed E-state index contributed by atoms with van der Waals surface area (Å²) >= 11 is 1.27. The molecule has 0 saturated carbocycles. The van der Waals surface area contributed by atoms with E-state index in [-0.39, 0.29) is 12.0 Å². The number of methoxy groups -OCH3 is 3. The molecule has 0 fully saturated rings. The first kappa shape index (κ1) is 17.5. The zero-order valence-corrected chi connectivity index (χ0v) is 13.9. The average Bonchev–Trinajstić information content (AvgIpc) is 2.78. The molecular formula is C13H23N3O4S. The zero-order chi connectivity index (χ0) is 16.0. The summed E-state index contributed by atoms with van der Waals surface area (Å²) in [7, 11) is 8.12. The highest BCUT2D eigenvalue weighted by Gasteiger charge is 2.23. The Morgan fingerprint density at radius 2 is 2.05 bits per heavy atom. The number of hydrogen-bond donors (Lipinski definition) is 2. The van der Waals surface area contributed by atoms with Crippen LogP contribution in [0.25, 0.3) is 0 Å². The largest absolute Gasteiger partial charge is 0.492 e. The van der Waals surface area contributed by atoms with E-state index in [9.17, 15) is 4.79 Å². The molecule has 3 N–H and O–H groups in total. The Balaban J connectivity index is 2.92. The van der Waals surface area contributed by atoms with Crippen molar-refractivity contribution in [2.24, 2.45) is 0 Å². The molecule has 120 valence electrons. The first-order valence-corrected chi connectivity index (χ1v) is 7.21. The van der Waals surface area contributed by atoms with Gasteiger partial charge in [-0.15, -0.1) is 11.3 Å². The van der Waals surface area contributed by atoms with Crippen LogP contribution in [0.15, 0.2) is 0 Å². The number of nitrogens with two attached hydrogens (primary N) is 1. The van der Waals surface area contributed by atoms with Crippen LogP contribution in [0.3, 0.4) is 0 Å². The highest BCUT2D eigenvalue weighted by Crippen LogP contribution is 2.42. The molecule has 0 aliphatic rings. The maximum absolute atomic E-state index is 12.1. The van der Waals surface area contributed by atoms with Gasteiger partial charge >= 0.3 is 0 Å².